The Morgan fingerprint density at radius 2 is 1.83 bits per heavy atom. The van der Waals surface area contributed by atoms with Gasteiger partial charge in [0.1, 0.15) is 5.75 Å². The van der Waals surface area contributed by atoms with Crippen molar-refractivity contribution in [3.8, 4) is 5.75 Å². The maximum Gasteiger partial charge on any atom is 0.505 e. The molecule has 0 aliphatic heterocycles. The summed E-state index contributed by atoms with van der Waals surface area (Å²) in [5.41, 5.74) is 0. The van der Waals surface area contributed by atoms with Crippen LogP contribution in [0.15, 0.2) is 29.2 Å². The van der Waals surface area contributed by atoms with Gasteiger partial charge >= 0.3 is 11.7 Å². The lowest BCUT2D eigenvalue weighted by Gasteiger charge is -2.07. The van der Waals surface area contributed by atoms with Crippen molar-refractivity contribution in [2.45, 2.75) is 24.8 Å². The van der Waals surface area contributed by atoms with E-state index in [0.29, 0.717) is 16.6 Å². The first-order valence-corrected chi connectivity index (χ1v) is 4.53. The van der Waals surface area contributed by atoms with Gasteiger partial charge in [0.05, 0.1) is 6.10 Å². The molecule has 0 bridgehead atoms. The number of hydrogen-bond acceptors (Lipinski definition) is 2. The van der Waals surface area contributed by atoms with Crippen molar-refractivity contribution in [2.24, 2.45) is 0 Å². The zero-order chi connectivity index (χ0) is 8.97. The van der Waals surface area contributed by atoms with Crippen LogP contribution < -0.4 is 4.74 Å². The molecule has 1 aromatic carbocycles. The van der Waals surface area contributed by atoms with Crippen molar-refractivity contribution in [1.82, 2.24) is 0 Å². The number of hydrogen-bond donors (Lipinski definition) is 0. The SMILES string of the molecule is CC(C)Oc1ccc([S+]=O)cc1. The van der Waals surface area contributed by atoms with Crippen molar-refractivity contribution >= 4 is 11.7 Å². The molecule has 0 aromatic heterocycles. The highest BCUT2D eigenvalue weighted by Crippen LogP contribution is 2.13. The van der Waals surface area contributed by atoms with Gasteiger partial charge in [0, 0.05) is 16.3 Å². The smallest absolute Gasteiger partial charge is 0.491 e. The second kappa shape index (κ2) is 4.16. The fraction of sp³-hybridized carbons (Fsp3) is 0.333. The number of rotatable bonds is 3. The Hall–Kier alpha value is -0.960. The first-order valence-electron chi connectivity index (χ1n) is 3.79. The number of benzene rings is 1. The van der Waals surface area contributed by atoms with Crippen LogP contribution in [0.1, 0.15) is 13.8 Å². The Morgan fingerprint density at radius 3 is 2.25 bits per heavy atom. The molecular weight excluding hydrogens is 172 g/mol. The maximum atomic E-state index is 10.3. The molecule has 64 valence electrons. The standard InChI is InChI=1S/C9H11O2S/c1-7(2)11-8-3-5-9(12-10)6-4-8/h3-7H,1-2H3/q+1. The van der Waals surface area contributed by atoms with E-state index >= 15 is 0 Å². The van der Waals surface area contributed by atoms with Crippen LogP contribution in [-0.4, -0.2) is 6.10 Å². The molecule has 0 atom stereocenters. The molecule has 0 N–H and O–H groups in total. The van der Waals surface area contributed by atoms with Gasteiger partial charge in [-0.3, -0.25) is 0 Å². The van der Waals surface area contributed by atoms with Crippen LogP contribution >= 0.6 is 0 Å². The second-order valence-electron chi connectivity index (χ2n) is 2.72. The molecule has 1 rings (SSSR count). The molecule has 3 heteroatoms. The Bertz CT molecular complexity index is 254. The van der Waals surface area contributed by atoms with Gasteiger partial charge in [-0.2, -0.15) is 0 Å². The Morgan fingerprint density at radius 1 is 1.25 bits per heavy atom. The summed E-state index contributed by atoms with van der Waals surface area (Å²) in [4.78, 5) is 0.714. The van der Waals surface area contributed by atoms with E-state index in [-0.39, 0.29) is 6.10 Å². The van der Waals surface area contributed by atoms with E-state index in [1.54, 1.807) is 24.3 Å². The summed E-state index contributed by atoms with van der Waals surface area (Å²) in [6, 6.07) is 7.13. The first kappa shape index (κ1) is 9.13. The van der Waals surface area contributed by atoms with Crippen molar-refractivity contribution in [1.29, 1.82) is 0 Å². The Labute approximate surface area is 76.0 Å². The third kappa shape index (κ3) is 2.58. The van der Waals surface area contributed by atoms with Gasteiger partial charge in [0.15, 0.2) is 0 Å². The van der Waals surface area contributed by atoms with Crippen LogP contribution in [0.3, 0.4) is 0 Å². The summed E-state index contributed by atoms with van der Waals surface area (Å²) >= 11 is 0.491. The minimum Gasteiger partial charge on any atom is -0.491 e. The molecule has 0 saturated heterocycles. The zero-order valence-corrected chi connectivity index (χ0v) is 7.93. The monoisotopic (exact) mass is 183 g/mol. The molecule has 0 aliphatic rings. The molecule has 2 nitrogen and oxygen atoms in total. The molecule has 0 spiro atoms. The average Bonchev–Trinajstić information content (AvgIpc) is 2.05. The summed E-state index contributed by atoms with van der Waals surface area (Å²) in [5, 5.41) is 0. The Kier molecular flexibility index (Phi) is 3.17. The van der Waals surface area contributed by atoms with Gasteiger partial charge in [0.2, 0.25) is 0 Å². The van der Waals surface area contributed by atoms with Crippen molar-refractivity contribution in [2.75, 3.05) is 0 Å². The van der Waals surface area contributed by atoms with Crippen LogP contribution in [0.4, 0.5) is 0 Å². The van der Waals surface area contributed by atoms with E-state index in [2.05, 4.69) is 0 Å². The van der Waals surface area contributed by atoms with E-state index in [0.717, 1.165) is 5.75 Å². The molecule has 0 heterocycles. The summed E-state index contributed by atoms with van der Waals surface area (Å²) in [5.74, 6) is 0.808. The fourth-order valence-electron chi connectivity index (χ4n) is 0.846. The van der Waals surface area contributed by atoms with Gasteiger partial charge in [-0.15, -0.1) is 0 Å². The van der Waals surface area contributed by atoms with Crippen LogP contribution in [0.5, 0.6) is 5.75 Å². The van der Waals surface area contributed by atoms with Crippen molar-refractivity contribution in [3.05, 3.63) is 24.3 Å². The van der Waals surface area contributed by atoms with Gasteiger partial charge in [0.25, 0.3) is 4.90 Å². The molecule has 0 amide bonds. The van der Waals surface area contributed by atoms with Crippen LogP contribution in [0.25, 0.3) is 0 Å². The summed E-state index contributed by atoms with van der Waals surface area (Å²) < 4.78 is 15.7. The predicted octanol–water partition coefficient (Wildman–Crippen LogP) is 2.26. The summed E-state index contributed by atoms with van der Waals surface area (Å²) in [7, 11) is 0. The van der Waals surface area contributed by atoms with Crippen molar-refractivity contribution in [3.63, 3.8) is 0 Å². The minimum absolute atomic E-state index is 0.177. The normalized spacial score (nSPS) is 9.92. The Balaban J connectivity index is 2.71. The van der Waals surface area contributed by atoms with E-state index < -0.39 is 0 Å². The van der Waals surface area contributed by atoms with Crippen LogP contribution in [-0.2, 0) is 15.9 Å². The van der Waals surface area contributed by atoms with E-state index in [4.69, 9.17) is 4.74 Å². The van der Waals surface area contributed by atoms with Gasteiger partial charge in [-0.25, -0.2) is 0 Å². The highest BCUT2D eigenvalue weighted by atomic mass is 32.1. The van der Waals surface area contributed by atoms with Gasteiger partial charge in [-0.1, -0.05) is 0 Å². The third-order valence-electron chi connectivity index (χ3n) is 1.29. The highest BCUT2D eigenvalue weighted by molar-refractivity contribution is 7.65. The molecule has 0 saturated carbocycles. The number of ether oxygens (including phenoxy) is 1. The third-order valence-corrected chi connectivity index (χ3v) is 1.76. The summed E-state index contributed by atoms with van der Waals surface area (Å²) in [6.45, 7) is 3.94. The van der Waals surface area contributed by atoms with Gasteiger partial charge < -0.3 is 4.74 Å². The summed E-state index contributed by atoms with van der Waals surface area (Å²) in [6.07, 6.45) is 0.177. The molecule has 1 aromatic rings. The second-order valence-corrected chi connectivity index (χ2v) is 3.36. The molecular formula is C9H11O2S+. The largest absolute Gasteiger partial charge is 0.505 e. The maximum absolute atomic E-state index is 10.3. The molecule has 0 radical (unpaired) electrons. The predicted molar refractivity (Wildman–Crippen MR) is 48.5 cm³/mol. The van der Waals surface area contributed by atoms with Crippen molar-refractivity contribution < 1.29 is 8.95 Å². The highest BCUT2D eigenvalue weighted by Gasteiger charge is 2.05. The lowest BCUT2D eigenvalue weighted by molar-refractivity contribution is 0.242. The fourth-order valence-corrected chi connectivity index (χ4v) is 1.09. The lowest BCUT2D eigenvalue weighted by Crippen LogP contribution is -2.05. The van der Waals surface area contributed by atoms with E-state index in [9.17, 15) is 4.21 Å². The van der Waals surface area contributed by atoms with E-state index in [1.807, 2.05) is 13.8 Å². The van der Waals surface area contributed by atoms with Gasteiger partial charge in [-0.05, 0) is 26.0 Å². The topological polar surface area (TPSA) is 26.3 Å². The quantitative estimate of drug-likeness (QED) is 0.672. The first-order chi connectivity index (χ1) is 5.72. The lowest BCUT2D eigenvalue weighted by atomic mass is 10.3. The molecule has 0 unspecified atom stereocenters. The molecule has 0 fully saturated rings. The minimum atomic E-state index is 0.177. The average molecular weight is 183 g/mol. The van der Waals surface area contributed by atoms with Crippen LogP contribution in [0.2, 0.25) is 0 Å². The molecule has 12 heavy (non-hydrogen) atoms. The molecule has 0 aliphatic carbocycles. The van der Waals surface area contributed by atoms with Crippen LogP contribution in [0, 0.1) is 0 Å². The zero-order valence-electron chi connectivity index (χ0n) is 7.11. The van der Waals surface area contributed by atoms with E-state index in [1.165, 1.54) is 0 Å².